The number of aromatic amines is 1. The van der Waals surface area contributed by atoms with Crippen molar-refractivity contribution in [3.05, 3.63) is 59.5 Å². The van der Waals surface area contributed by atoms with Crippen LogP contribution in [0.15, 0.2) is 42.6 Å². The Hall–Kier alpha value is -3.39. The molecule has 0 saturated carbocycles. The third-order valence-corrected chi connectivity index (χ3v) is 4.17. The largest absolute Gasteiger partial charge is 0.497 e. The molecule has 3 aromatic rings. The van der Waals surface area contributed by atoms with Gasteiger partial charge in [-0.1, -0.05) is 6.07 Å². The molecule has 2 N–H and O–H groups in total. The van der Waals surface area contributed by atoms with Crippen molar-refractivity contribution >= 4 is 11.6 Å². The van der Waals surface area contributed by atoms with Crippen LogP contribution >= 0.6 is 0 Å². The maximum atomic E-state index is 12.5. The van der Waals surface area contributed by atoms with Gasteiger partial charge in [0.2, 0.25) is 5.88 Å². The van der Waals surface area contributed by atoms with Crippen LogP contribution in [0.3, 0.4) is 0 Å². The number of hydrogen-bond donors (Lipinski definition) is 2. The van der Waals surface area contributed by atoms with Crippen LogP contribution in [0.25, 0.3) is 0 Å². The fourth-order valence-corrected chi connectivity index (χ4v) is 2.79. The first kappa shape index (κ1) is 17.0. The topological polar surface area (TPSA) is 98.4 Å². The molecule has 138 valence electrons. The molecule has 4 rings (SSSR count). The second-order valence-corrected chi connectivity index (χ2v) is 5.95. The van der Waals surface area contributed by atoms with E-state index in [1.54, 1.807) is 25.3 Å². The third kappa shape index (κ3) is 3.75. The molecule has 2 aromatic heterocycles. The number of nitrogens with one attached hydrogen (secondary N) is 2. The summed E-state index contributed by atoms with van der Waals surface area (Å²) in [6.45, 7) is 1.02. The van der Waals surface area contributed by atoms with Gasteiger partial charge in [0.25, 0.3) is 5.91 Å². The molecule has 0 atom stereocenters. The molecule has 27 heavy (non-hydrogen) atoms. The quantitative estimate of drug-likeness (QED) is 0.720. The lowest BCUT2D eigenvalue weighted by molar-refractivity contribution is 0.0985. The standard InChI is InChI=1S/C19H18N4O4/c1-25-13-3-2-4-14(9-13)27-17-6-5-12(10-20-17)21-19(24)18-15-11-26-8-7-16(15)22-23-18/h2-6,9-10H,7-8,11H2,1H3,(H,21,24)(H,22,23). The Morgan fingerprint density at radius 1 is 1.26 bits per heavy atom. The minimum atomic E-state index is -0.304. The summed E-state index contributed by atoms with van der Waals surface area (Å²) >= 11 is 0. The molecule has 1 amide bonds. The van der Waals surface area contributed by atoms with Crippen LogP contribution in [0.4, 0.5) is 5.69 Å². The number of anilines is 1. The smallest absolute Gasteiger partial charge is 0.276 e. The van der Waals surface area contributed by atoms with Crippen LogP contribution in [0.2, 0.25) is 0 Å². The maximum Gasteiger partial charge on any atom is 0.276 e. The number of amides is 1. The number of methoxy groups -OCH3 is 1. The molecule has 8 heteroatoms. The molecule has 0 aliphatic carbocycles. The number of hydrogen-bond acceptors (Lipinski definition) is 6. The molecule has 0 bridgehead atoms. The number of carbonyl (C=O) groups excluding carboxylic acids is 1. The van der Waals surface area contributed by atoms with Gasteiger partial charge >= 0.3 is 0 Å². The minimum absolute atomic E-state index is 0.304. The van der Waals surface area contributed by atoms with Crippen molar-refractivity contribution in [1.29, 1.82) is 0 Å². The molecule has 0 spiro atoms. The van der Waals surface area contributed by atoms with E-state index in [2.05, 4.69) is 20.5 Å². The summed E-state index contributed by atoms with van der Waals surface area (Å²) < 4.78 is 16.3. The van der Waals surface area contributed by atoms with Crippen LogP contribution in [0.1, 0.15) is 21.7 Å². The Morgan fingerprint density at radius 3 is 2.96 bits per heavy atom. The van der Waals surface area contributed by atoms with Crippen LogP contribution in [0, 0.1) is 0 Å². The normalized spacial score (nSPS) is 12.9. The summed E-state index contributed by atoms with van der Waals surface area (Å²) in [7, 11) is 1.59. The van der Waals surface area contributed by atoms with Gasteiger partial charge in [-0.2, -0.15) is 5.10 Å². The van der Waals surface area contributed by atoms with E-state index in [4.69, 9.17) is 14.2 Å². The van der Waals surface area contributed by atoms with Gasteiger partial charge in [-0.05, 0) is 18.2 Å². The highest BCUT2D eigenvalue weighted by molar-refractivity contribution is 6.03. The molecule has 0 fully saturated rings. The van der Waals surface area contributed by atoms with E-state index >= 15 is 0 Å². The zero-order valence-corrected chi connectivity index (χ0v) is 14.7. The molecule has 0 radical (unpaired) electrons. The summed E-state index contributed by atoms with van der Waals surface area (Å²) in [4.78, 5) is 16.7. The lowest BCUT2D eigenvalue weighted by atomic mass is 10.1. The SMILES string of the molecule is COc1cccc(Oc2ccc(NC(=O)c3n[nH]c4c3COCC4)cn2)c1. The van der Waals surface area contributed by atoms with Crippen molar-refractivity contribution in [3.63, 3.8) is 0 Å². The van der Waals surface area contributed by atoms with Crippen molar-refractivity contribution in [1.82, 2.24) is 15.2 Å². The molecule has 8 nitrogen and oxygen atoms in total. The number of pyridine rings is 1. The average Bonchev–Trinajstić information content (AvgIpc) is 3.14. The summed E-state index contributed by atoms with van der Waals surface area (Å²) in [5.74, 6) is 1.41. The predicted molar refractivity (Wildman–Crippen MR) is 97.2 cm³/mol. The number of nitrogens with zero attached hydrogens (tertiary/aromatic N) is 2. The van der Waals surface area contributed by atoms with Gasteiger partial charge in [-0.15, -0.1) is 0 Å². The fourth-order valence-electron chi connectivity index (χ4n) is 2.79. The first-order valence-electron chi connectivity index (χ1n) is 8.46. The Labute approximate surface area is 155 Å². The number of aromatic nitrogens is 3. The Balaban J connectivity index is 1.43. The van der Waals surface area contributed by atoms with Crippen LogP contribution < -0.4 is 14.8 Å². The van der Waals surface area contributed by atoms with Crippen molar-refractivity contribution < 1.29 is 19.0 Å². The Kier molecular flexibility index (Phi) is 4.71. The zero-order chi connectivity index (χ0) is 18.6. The maximum absolute atomic E-state index is 12.5. The lowest BCUT2D eigenvalue weighted by Crippen LogP contribution is -2.17. The van der Waals surface area contributed by atoms with Gasteiger partial charge in [-0.3, -0.25) is 9.89 Å². The van der Waals surface area contributed by atoms with Gasteiger partial charge in [-0.25, -0.2) is 4.98 Å². The van der Waals surface area contributed by atoms with E-state index in [1.165, 1.54) is 6.20 Å². The van der Waals surface area contributed by atoms with Crippen LogP contribution in [0.5, 0.6) is 17.4 Å². The molecule has 0 unspecified atom stereocenters. The summed E-state index contributed by atoms with van der Waals surface area (Å²) in [6, 6.07) is 10.6. The second kappa shape index (κ2) is 7.46. The second-order valence-electron chi connectivity index (χ2n) is 5.95. The monoisotopic (exact) mass is 366 g/mol. The van der Waals surface area contributed by atoms with E-state index in [1.807, 2.05) is 18.2 Å². The average molecular weight is 366 g/mol. The highest BCUT2D eigenvalue weighted by Gasteiger charge is 2.22. The van der Waals surface area contributed by atoms with Crippen molar-refractivity contribution in [2.24, 2.45) is 0 Å². The Bertz CT molecular complexity index is 953. The number of benzene rings is 1. The van der Waals surface area contributed by atoms with Gasteiger partial charge < -0.3 is 19.5 Å². The highest BCUT2D eigenvalue weighted by atomic mass is 16.5. The molecule has 1 aliphatic rings. The van der Waals surface area contributed by atoms with Crippen molar-refractivity contribution in [2.45, 2.75) is 13.0 Å². The van der Waals surface area contributed by atoms with Crippen molar-refractivity contribution in [2.75, 3.05) is 19.0 Å². The first-order valence-corrected chi connectivity index (χ1v) is 8.46. The van der Waals surface area contributed by atoms with E-state index in [9.17, 15) is 4.79 Å². The number of carbonyl (C=O) groups is 1. The molecule has 0 saturated heterocycles. The van der Waals surface area contributed by atoms with E-state index in [0.29, 0.717) is 42.0 Å². The molecule has 3 heterocycles. The molecule has 1 aliphatic heterocycles. The van der Waals surface area contributed by atoms with Crippen molar-refractivity contribution in [3.8, 4) is 17.4 Å². The summed E-state index contributed by atoms with van der Waals surface area (Å²) in [5.41, 5.74) is 2.66. The number of rotatable bonds is 5. The van der Waals surface area contributed by atoms with E-state index < -0.39 is 0 Å². The zero-order valence-electron chi connectivity index (χ0n) is 14.7. The third-order valence-electron chi connectivity index (χ3n) is 4.17. The number of ether oxygens (including phenoxy) is 3. The van der Waals surface area contributed by atoms with E-state index in [0.717, 1.165) is 17.7 Å². The first-order chi connectivity index (χ1) is 13.2. The van der Waals surface area contributed by atoms with E-state index in [-0.39, 0.29) is 5.91 Å². The minimum Gasteiger partial charge on any atom is -0.497 e. The Morgan fingerprint density at radius 2 is 2.15 bits per heavy atom. The number of H-pyrrole nitrogens is 1. The van der Waals surface area contributed by atoms with Crippen LogP contribution in [-0.4, -0.2) is 34.8 Å². The summed E-state index contributed by atoms with van der Waals surface area (Å²) in [5, 5.41) is 9.80. The number of fused-ring (bicyclic) bond motifs is 1. The molecular weight excluding hydrogens is 348 g/mol. The summed E-state index contributed by atoms with van der Waals surface area (Å²) in [6.07, 6.45) is 2.26. The lowest BCUT2D eigenvalue weighted by Gasteiger charge is -2.12. The molecular formula is C19H18N4O4. The van der Waals surface area contributed by atoms with Gasteiger partial charge in [0.15, 0.2) is 5.69 Å². The fraction of sp³-hybridized carbons (Fsp3) is 0.211. The molecule has 1 aromatic carbocycles. The van der Waals surface area contributed by atoms with Crippen LogP contribution in [-0.2, 0) is 17.8 Å². The van der Waals surface area contributed by atoms with Gasteiger partial charge in [0, 0.05) is 29.8 Å². The van der Waals surface area contributed by atoms with Gasteiger partial charge in [0.05, 0.1) is 32.2 Å². The predicted octanol–water partition coefficient (Wildman–Crippen LogP) is 2.93. The highest BCUT2D eigenvalue weighted by Crippen LogP contribution is 2.25. The van der Waals surface area contributed by atoms with Gasteiger partial charge in [0.1, 0.15) is 11.5 Å².